The normalized spacial score (nSPS) is 15.1. The third-order valence-electron chi connectivity index (χ3n) is 4.48. The predicted octanol–water partition coefficient (Wildman–Crippen LogP) is 4.86. The Balaban J connectivity index is 1.71. The molecule has 4 nitrogen and oxygen atoms in total. The van der Waals surface area contributed by atoms with E-state index in [0.29, 0.717) is 11.1 Å². The van der Waals surface area contributed by atoms with Gasteiger partial charge in [-0.25, -0.2) is 0 Å². The minimum absolute atomic E-state index is 0.153. The van der Waals surface area contributed by atoms with Gasteiger partial charge < -0.3 is 15.0 Å². The van der Waals surface area contributed by atoms with Crippen molar-refractivity contribution in [2.24, 2.45) is 0 Å². The van der Waals surface area contributed by atoms with Crippen LogP contribution in [0, 0.1) is 6.92 Å². The number of hydrogen-bond donors (Lipinski definition) is 1. The van der Waals surface area contributed by atoms with Crippen LogP contribution < -0.4 is 10.1 Å². The maximum Gasteiger partial charge on any atom is 0.219 e. The second kappa shape index (κ2) is 7.79. The van der Waals surface area contributed by atoms with E-state index in [1.165, 1.54) is 0 Å². The Labute approximate surface area is 153 Å². The first-order valence-electron chi connectivity index (χ1n) is 8.57. The van der Waals surface area contributed by atoms with Crippen molar-refractivity contribution in [3.8, 4) is 11.5 Å². The third kappa shape index (κ3) is 4.67. The Morgan fingerprint density at radius 2 is 1.84 bits per heavy atom. The number of halogens is 1. The van der Waals surface area contributed by atoms with Gasteiger partial charge in [0.25, 0.3) is 0 Å². The molecule has 132 valence electrons. The number of ether oxygens (including phenoxy) is 1. The van der Waals surface area contributed by atoms with Gasteiger partial charge >= 0.3 is 0 Å². The second-order valence-electron chi connectivity index (χ2n) is 6.48. The Morgan fingerprint density at radius 1 is 1.16 bits per heavy atom. The van der Waals surface area contributed by atoms with Crippen molar-refractivity contribution in [3.63, 3.8) is 0 Å². The number of nitrogens with one attached hydrogen (secondary N) is 1. The molecule has 0 unspecified atom stereocenters. The quantitative estimate of drug-likeness (QED) is 0.848. The maximum absolute atomic E-state index is 11.5. The molecule has 2 aromatic carbocycles. The van der Waals surface area contributed by atoms with E-state index in [4.69, 9.17) is 16.3 Å². The summed E-state index contributed by atoms with van der Waals surface area (Å²) < 4.78 is 6.06. The molecule has 1 saturated heterocycles. The van der Waals surface area contributed by atoms with Gasteiger partial charge in [0.2, 0.25) is 5.91 Å². The molecule has 1 aliphatic heterocycles. The number of rotatable bonds is 4. The van der Waals surface area contributed by atoms with Crippen molar-refractivity contribution in [1.29, 1.82) is 0 Å². The first-order chi connectivity index (χ1) is 12.0. The highest BCUT2D eigenvalue weighted by Crippen LogP contribution is 2.32. The summed E-state index contributed by atoms with van der Waals surface area (Å²) in [7, 11) is 0. The number of anilines is 1. The second-order valence-corrected chi connectivity index (χ2v) is 6.92. The number of amides is 1. The number of likely N-dealkylation sites (tertiary alicyclic amines) is 1. The van der Waals surface area contributed by atoms with Crippen LogP contribution in [0.3, 0.4) is 0 Å². The lowest BCUT2D eigenvalue weighted by molar-refractivity contribution is -0.129. The van der Waals surface area contributed by atoms with Gasteiger partial charge in [0, 0.05) is 31.1 Å². The minimum Gasteiger partial charge on any atom is -0.455 e. The van der Waals surface area contributed by atoms with Gasteiger partial charge in [0.15, 0.2) is 5.75 Å². The number of nitrogens with zero attached hydrogens (tertiary/aromatic N) is 1. The van der Waals surface area contributed by atoms with E-state index in [-0.39, 0.29) is 5.91 Å². The zero-order chi connectivity index (χ0) is 17.8. The monoisotopic (exact) mass is 358 g/mol. The molecular formula is C20H23ClN2O2. The van der Waals surface area contributed by atoms with Gasteiger partial charge in [-0.1, -0.05) is 17.7 Å². The molecule has 5 heteroatoms. The van der Waals surface area contributed by atoms with Crippen LogP contribution in [-0.2, 0) is 4.79 Å². The van der Waals surface area contributed by atoms with E-state index < -0.39 is 0 Å². The molecule has 0 aliphatic carbocycles. The van der Waals surface area contributed by atoms with E-state index in [1.54, 1.807) is 6.92 Å². The van der Waals surface area contributed by atoms with E-state index >= 15 is 0 Å². The molecule has 0 radical (unpaired) electrons. The maximum atomic E-state index is 11.5. The zero-order valence-electron chi connectivity index (χ0n) is 14.6. The summed E-state index contributed by atoms with van der Waals surface area (Å²) in [5.41, 5.74) is 2.11. The molecule has 1 N–H and O–H groups in total. The van der Waals surface area contributed by atoms with Crippen LogP contribution in [-0.4, -0.2) is 29.9 Å². The van der Waals surface area contributed by atoms with Crippen LogP contribution >= 0.6 is 11.6 Å². The molecule has 0 aromatic heterocycles. The first-order valence-corrected chi connectivity index (χ1v) is 8.95. The van der Waals surface area contributed by atoms with Crippen LogP contribution in [0.15, 0.2) is 42.5 Å². The summed E-state index contributed by atoms with van der Waals surface area (Å²) in [6.07, 6.45) is 1.88. The van der Waals surface area contributed by atoms with Gasteiger partial charge in [-0.05, 0) is 61.7 Å². The number of hydrogen-bond acceptors (Lipinski definition) is 3. The fourth-order valence-electron chi connectivity index (χ4n) is 3.02. The number of aryl methyl sites for hydroxylation is 1. The van der Waals surface area contributed by atoms with E-state index in [2.05, 4.69) is 17.4 Å². The van der Waals surface area contributed by atoms with E-state index in [9.17, 15) is 4.79 Å². The van der Waals surface area contributed by atoms with Gasteiger partial charge in [-0.15, -0.1) is 0 Å². The van der Waals surface area contributed by atoms with Crippen molar-refractivity contribution < 1.29 is 9.53 Å². The predicted molar refractivity (Wildman–Crippen MR) is 102 cm³/mol. The van der Waals surface area contributed by atoms with Gasteiger partial charge in [-0.2, -0.15) is 0 Å². The number of benzene rings is 2. The zero-order valence-corrected chi connectivity index (χ0v) is 15.3. The van der Waals surface area contributed by atoms with Crippen molar-refractivity contribution >= 4 is 23.2 Å². The molecule has 0 bridgehead atoms. The summed E-state index contributed by atoms with van der Waals surface area (Å²) in [4.78, 5) is 13.4. The summed E-state index contributed by atoms with van der Waals surface area (Å²) in [6.45, 7) is 5.27. The van der Waals surface area contributed by atoms with Crippen LogP contribution in [0.4, 0.5) is 5.69 Å². The van der Waals surface area contributed by atoms with E-state index in [0.717, 1.165) is 48.7 Å². The van der Waals surface area contributed by atoms with Crippen molar-refractivity contribution in [3.05, 3.63) is 53.1 Å². The Morgan fingerprint density at radius 3 is 2.48 bits per heavy atom. The smallest absolute Gasteiger partial charge is 0.219 e. The summed E-state index contributed by atoms with van der Waals surface area (Å²) in [6, 6.07) is 13.8. The molecule has 1 amide bonds. The first kappa shape index (κ1) is 17.6. The molecule has 0 atom stereocenters. The van der Waals surface area contributed by atoms with Crippen molar-refractivity contribution in [2.45, 2.75) is 32.7 Å². The Hall–Kier alpha value is -2.20. The van der Waals surface area contributed by atoms with E-state index in [1.807, 2.05) is 42.2 Å². The highest BCUT2D eigenvalue weighted by atomic mass is 35.5. The number of carbonyl (C=O) groups excluding carboxylic acids is 1. The molecule has 3 rings (SSSR count). The van der Waals surface area contributed by atoms with Crippen LogP contribution in [0.25, 0.3) is 0 Å². The Kier molecular flexibility index (Phi) is 5.49. The van der Waals surface area contributed by atoms with Gasteiger partial charge in [0.05, 0.1) is 5.69 Å². The molecule has 0 saturated carbocycles. The van der Waals surface area contributed by atoms with Crippen molar-refractivity contribution in [1.82, 2.24) is 4.90 Å². The largest absolute Gasteiger partial charge is 0.455 e. The topological polar surface area (TPSA) is 41.6 Å². The molecule has 1 aliphatic rings. The highest BCUT2D eigenvalue weighted by Gasteiger charge is 2.21. The molecule has 2 aromatic rings. The number of piperidine rings is 1. The third-order valence-corrected chi connectivity index (χ3v) is 4.73. The highest BCUT2D eigenvalue weighted by molar-refractivity contribution is 6.30. The SMILES string of the molecule is CC(=O)N1CCC(Nc2ccc(C)cc2Oc2ccc(Cl)cc2)CC1. The average molecular weight is 359 g/mol. The molecular weight excluding hydrogens is 336 g/mol. The van der Waals surface area contributed by atoms with Crippen LogP contribution in [0.1, 0.15) is 25.3 Å². The summed E-state index contributed by atoms with van der Waals surface area (Å²) in [5.74, 6) is 1.71. The van der Waals surface area contributed by atoms with Crippen LogP contribution in [0.2, 0.25) is 5.02 Å². The lowest BCUT2D eigenvalue weighted by atomic mass is 10.0. The van der Waals surface area contributed by atoms with Crippen LogP contribution in [0.5, 0.6) is 11.5 Å². The Bertz CT molecular complexity index is 738. The number of carbonyl (C=O) groups is 1. The molecule has 0 spiro atoms. The van der Waals surface area contributed by atoms with Crippen molar-refractivity contribution in [2.75, 3.05) is 18.4 Å². The summed E-state index contributed by atoms with van der Waals surface area (Å²) >= 11 is 5.94. The standard InChI is InChI=1S/C20H23ClN2O2/c1-14-3-8-19(22-17-9-11-23(12-10-17)15(2)24)20(13-14)25-18-6-4-16(21)5-7-18/h3-8,13,17,22H,9-12H2,1-2H3. The fourth-order valence-corrected chi connectivity index (χ4v) is 3.15. The lowest BCUT2D eigenvalue weighted by Gasteiger charge is -2.32. The summed E-state index contributed by atoms with van der Waals surface area (Å²) in [5, 5.41) is 4.27. The van der Waals surface area contributed by atoms with Gasteiger partial charge in [-0.3, -0.25) is 4.79 Å². The molecule has 1 heterocycles. The van der Waals surface area contributed by atoms with Gasteiger partial charge in [0.1, 0.15) is 5.75 Å². The molecule has 1 fully saturated rings. The average Bonchev–Trinajstić information content (AvgIpc) is 2.60. The molecule has 25 heavy (non-hydrogen) atoms. The fraction of sp³-hybridized carbons (Fsp3) is 0.350. The lowest BCUT2D eigenvalue weighted by Crippen LogP contribution is -2.41. The minimum atomic E-state index is 0.153.